The first kappa shape index (κ1) is 20.1. The maximum Gasteiger partial charge on any atom is 0.133 e. The monoisotopic (exact) mass is 433 g/mol. The summed E-state index contributed by atoms with van der Waals surface area (Å²) in [7, 11) is 1.91. The molecule has 0 aromatic carbocycles. The van der Waals surface area contributed by atoms with Crippen molar-refractivity contribution in [2.24, 2.45) is 7.05 Å². The van der Waals surface area contributed by atoms with Crippen LogP contribution in [0.4, 0.5) is 11.6 Å². The van der Waals surface area contributed by atoms with Crippen molar-refractivity contribution in [2.75, 3.05) is 18.4 Å². The van der Waals surface area contributed by atoms with Gasteiger partial charge in [-0.05, 0) is 43.5 Å². The number of likely N-dealkylation sites (tertiary alicyclic amines) is 1. The lowest BCUT2D eigenvalue weighted by atomic mass is 10.0. The van der Waals surface area contributed by atoms with E-state index >= 15 is 0 Å². The lowest BCUT2D eigenvalue weighted by Crippen LogP contribution is -2.20. The van der Waals surface area contributed by atoms with Crippen LogP contribution < -0.4 is 5.32 Å². The predicted molar refractivity (Wildman–Crippen MR) is 126 cm³/mol. The molecular formula is C23H27N7S. The number of fused-ring (bicyclic) bond motifs is 1. The average Bonchev–Trinajstić information content (AvgIpc) is 3.48. The third kappa shape index (κ3) is 4.31. The highest BCUT2D eigenvalue weighted by Gasteiger charge is 2.17. The van der Waals surface area contributed by atoms with Crippen molar-refractivity contribution in [3.05, 3.63) is 48.0 Å². The molecule has 1 saturated heterocycles. The van der Waals surface area contributed by atoms with Gasteiger partial charge in [0.2, 0.25) is 0 Å². The van der Waals surface area contributed by atoms with Crippen LogP contribution in [-0.2, 0) is 13.6 Å². The zero-order valence-electron chi connectivity index (χ0n) is 18.2. The Balaban J connectivity index is 1.40. The molecule has 0 unspecified atom stereocenters. The molecule has 0 spiro atoms. The van der Waals surface area contributed by atoms with Crippen LogP contribution in [0, 0.1) is 0 Å². The molecule has 1 fully saturated rings. The summed E-state index contributed by atoms with van der Waals surface area (Å²) in [6.07, 6.45) is 8.27. The molecule has 1 N–H and O–H groups in total. The van der Waals surface area contributed by atoms with Crippen LogP contribution in [0.15, 0.2) is 36.8 Å². The van der Waals surface area contributed by atoms with Gasteiger partial charge >= 0.3 is 0 Å². The highest BCUT2D eigenvalue weighted by atomic mass is 32.1. The Labute approximate surface area is 186 Å². The first-order valence-electron chi connectivity index (χ1n) is 10.8. The molecule has 7 nitrogen and oxygen atoms in total. The van der Waals surface area contributed by atoms with Gasteiger partial charge < -0.3 is 5.32 Å². The third-order valence-corrected chi connectivity index (χ3v) is 6.74. The number of aryl methyl sites for hydroxylation is 1. The van der Waals surface area contributed by atoms with E-state index in [1.165, 1.54) is 18.4 Å². The molecule has 4 aromatic rings. The normalized spacial score (nSPS) is 14.7. The molecule has 5 heterocycles. The first-order chi connectivity index (χ1) is 15.0. The number of hydrogen-bond acceptors (Lipinski definition) is 7. The van der Waals surface area contributed by atoms with Gasteiger partial charge in [-0.25, -0.2) is 15.0 Å². The fourth-order valence-electron chi connectivity index (χ4n) is 4.08. The van der Waals surface area contributed by atoms with E-state index in [2.05, 4.69) is 46.3 Å². The van der Waals surface area contributed by atoms with E-state index < -0.39 is 0 Å². The lowest BCUT2D eigenvalue weighted by Gasteiger charge is -2.19. The number of pyridine rings is 2. The fourth-order valence-corrected chi connectivity index (χ4v) is 4.97. The van der Waals surface area contributed by atoms with E-state index in [1.54, 1.807) is 16.0 Å². The molecule has 0 saturated carbocycles. The summed E-state index contributed by atoms with van der Waals surface area (Å²) >= 11 is 1.63. The topological polar surface area (TPSA) is 71.8 Å². The predicted octanol–water partition coefficient (Wildman–Crippen LogP) is 4.95. The van der Waals surface area contributed by atoms with Gasteiger partial charge in [-0.15, -0.1) is 11.3 Å². The van der Waals surface area contributed by atoms with Gasteiger partial charge in [0.1, 0.15) is 16.6 Å². The minimum absolute atomic E-state index is 0.453. The van der Waals surface area contributed by atoms with Crippen LogP contribution in [0.1, 0.15) is 43.9 Å². The zero-order valence-corrected chi connectivity index (χ0v) is 19.0. The molecule has 1 aliphatic heterocycles. The van der Waals surface area contributed by atoms with Crippen molar-refractivity contribution >= 4 is 33.2 Å². The number of anilines is 2. The van der Waals surface area contributed by atoms with Gasteiger partial charge in [-0.1, -0.05) is 19.9 Å². The third-order valence-electron chi connectivity index (χ3n) is 5.69. The average molecular weight is 434 g/mol. The standard InChI is InChI=1S/C23H27N7S/c1-15(2)17-6-7-21(26-19(17)14-30-8-4-5-9-30)28-22-10-18-20(12-24-22)31-23(27-18)16-11-25-29(3)13-16/h6-7,10-13,15H,4-5,8-9,14H2,1-3H3,(H,24,26,28). The van der Waals surface area contributed by atoms with Gasteiger partial charge in [0.15, 0.2) is 0 Å². The second-order valence-corrected chi connectivity index (χ2v) is 9.48. The van der Waals surface area contributed by atoms with Crippen molar-refractivity contribution in [1.29, 1.82) is 0 Å². The van der Waals surface area contributed by atoms with Crippen molar-refractivity contribution in [1.82, 2.24) is 29.6 Å². The minimum atomic E-state index is 0.453. The molecule has 0 radical (unpaired) electrons. The van der Waals surface area contributed by atoms with Crippen LogP contribution >= 0.6 is 11.3 Å². The van der Waals surface area contributed by atoms with E-state index in [1.807, 2.05) is 31.7 Å². The summed E-state index contributed by atoms with van der Waals surface area (Å²) in [4.78, 5) is 16.8. The van der Waals surface area contributed by atoms with Gasteiger partial charge in [-0.3, -0.25) is 9.58 Å². The largest absolute Gasteiger partial charge is 0.325 e. The van der Waals surface area contributed by atoms with E-state index in [0.717, 1.165) is 57.8 Å². The Morgan fingerprint density at radius 3 is 2.68 bits per heavy atom. The second-order valence-electron chi connectivity index (χ2n) is 8.45. The Kier molecular flexibility index (Phi) is 5.41. The molecule has 5 rings (SSSR count). The Bertz CT molecular complexity index is 1200. The van der Waals surface area contributed by atoms with Gasteiger partial charge in [-0.2, -0.15) is 5.10 Å². The molecule has 0 aliphatic carbocycles. The maximum atomic E-state index is 4.97. The second kappa shape index (κ2) is 8.36. The fraction of sp³-hybridized carbons (Fsp3) is 0.391. The highest BCUT2D eigenvalue weighted by molar-refractivity contribution is 7.21. The smallest absolute Gasteiger partial charge is 0.133 e. The Morgan fingerprint density at radius 1 is 1.10 bits per heavy atom. The summed E-state index contributed by atoms with van der Waals surface area (Å²) in [6.45, 7) is 7.71. The van der Waals surface area contributed by atoms with Crippen molar-refractivity contribution in [3.8, 4) is 10.6 Å². The first-order valence-corrected chi connectivity index (χ1v) is 11.6. The van der Waals surface area contributed by atoms with Gasteiger partial charge in [0.05, 0.1) is 22.1 Å². The van der Waals surface area contributed by atoms with E-state index in [0.29, 0.717) is 5.92 Å². The maximum absolute atomic E-state index is 4.97. The Morgan fingerprint density at radius 2 is 1.94 bits per heavy atom. The number of hydrogen-bond donors (Lipinski definition) is 1. The number of aromatic nitrogens is 5. The summed E-state index contributed by atoms with van der Waals surface area (Å²) in [5.41, 5.74) is 4.44. The number of nitrogens with one attached hydrogen (secondary N) is 1. The highest BCUT2D eigenvalue weighted by Crippen LogP contribution is 2.31. The van der Waals surface area contributed by atoms with E-state index in [4.69, 9.17) is 9.97 Å². The molecule has 0 bridgehead atoms. The van der Waals surface area contributed by atoms with Crippen molar-refractivity contribution < 1.29 is 0 Å². The van der Waals surface area contributed by atoms with Crippen LogP contribution in [-0.4, -0.2) is 42.7 Å². The van der Waals surface area contributed by atoms with Crippen LogP contribution in [0.3, 0.4) is 0 Å². The van der Waals surface area contributed by atoms with E-state index in [9.17, 15) is 0 Å². The molecule has 0 atom stereocenters. The summed E-state index contributed by atoms with van der Waals surface area (Å²) < 4.78 is 2.85. The molecule has 4 aromatic heterocycles. The molecule has 1 aliphatic rings. The van der Waals surface area contributed by atoms with E-state index in [-0.39, 0.29) is 0 Å². The molecule has 8 heteroatoms. The van der Waals surface area contributed by atoms with Crippen LogP contribution in [0.25, 0.3) is 20.8 Å². The summed E-state index contributed by atoms with van der Waals surface area (Å²) in [5, 5.41) is 8.59. The quantitative estimate of drug-likeness (QED) is 0.464. The lowest BCUT2D eigenvalue weighted by molar-refractivity contribution is 0.325. The van der Waals surface area contributed by atoms with Crippen molar-refractivity contribution in [3.63, 3.8) is 0 Å². The zero-order chi connectivity index (χ0) is 21.4. The molecule has 31 heavy (non-hydrogen) atoms. The Hall–Kier alpha value is -2.84. The summed E-state index contributed by atoms with van der Waals surface area (Å²) in [6, 6.07) is 6.24. The molecule has 0 amide bonds. The number of nitrogens with zero attached hydrogens (tertiary/aromatic N) is 6. The SMILES string of the molecule is CC(C)c1ccc(Nc2cc3nc(-c4cnn(C)c4)sc3cn2)nc1CN1CCCC1. The molecular weight excluding hydrogens is 406 g/mol. The van der Waals surface area contributed by atoms with Gasteiger partial charge in [0.25, 0.3) is 0 Å². The van der Waals surface area contributed by atoms with Crippen molar-refractivity contribution in [2.45, 2.75) is 39.2 Å². The number of thiazole rings is 1. The summed E-state index contributed by atoms with van der Waals surface area (Å²) in [5.74, 6) is 2.04. The number of rotatable bonds is 6. The molecule has 160 valence electrons. The van der Waals surface area contributed by atoms with Crippen LogP contribution in [0.2, 0.25) is 0 Å². The van der Waals surface area contributed by atoms with Gasteiger partial charge in [0, 0.05) is 37.6 Å². The minimum Gasteiger partial charge on any atom is -0.325 e. The van der Waals surface area contributed by atoms with Crippen LogP contribution in [0.5, 0.6) is 0 Å².